The molecule has 0 radical (unpaired) electrons. The van der Waals surface area contributed by atoms with Crippen LogP contribution in [-0.4, -0.2) is 26.2 Å². The lowest BCUT2D eigenvalue weighted by Crippen LogP contribution is -2.43. The zero-order chi connectivity index (χ0) is 15.9. The van der Waals surface area contributed by atoms with Crippen molar-refractivity contribution in [2.24, 2.45) is 11.3 Å². The Balaban J connectivity index is 2.69. The summed E-state index contributed by atoms with van der Waals surface area (Å²) >= 11 is 0. The molecule has 0 bridgehead atoms. The van der Waals surface area contributed by atoms with Gasteiger partial charge in [0.15, 0.2) is 0 Å². The zero-order valence-corrected chi connectivity index (χ0v) is 14.9. The molecule has 1 aromatic carbocycles. The van der Waals surface area contributed by atoms with Crippen LogP contribution in [0.2, 0.25) is 0 Å². The zero-order valence-electron chi connectivity index (χ0n) is 14.9. The van der Waals surface area contributed by atoms with Gasteiger partial charge in [-0.05, 0) is 50.3 Å². The molecule has 1 aromatic rings. The third kappa shape index (κ3) is 6.09. The summed E-state index contributed by atoms with van der Waals surface area (Å²) in [5, 5.41) is 3.64. The van der Waals surface area contributed by atoms with Crippen molar-refractivity contribution in [3.63, 3.8) is 0 Å². The van der Waals surface area contributed by atoms with Gasteiger partial charge in [-0.15, -0.1) is 0 Å². The average molecular weight is 290 g/mol. The molecule has 2 heteroatoms. The molecule has 1 N–H and O–H groups in total. The van der Waals surface area contributed by atoms with Crippen LogP contribution < -0.4 is 10.2 Å². The summed E-state index contributed by atoms with van der Waals surface area (Å²) < 4.78 is 0. The SMILES string of the molecule is CCN(CC(C)(CC)CNCC(C)C)c1ccc(C)cc1. The molecule has 0 fully saturated rings. The lowest BCUT2D eigenvalue weighted by Gasteiger charge is -2.36. The summed E-state index contributed by atoms with van der Waals surface area (Å²) in [6.07, 6.45) is 1.19. The molecule has 0 spiro atoms. The maximum absolute atomic E-state index is 3.64. The van der Waals surface area contributed by atoms with Gasteiger partial charge in [-0.25, -0.2) is 0 Å². The van der Waals surface area contributed by atoms with Gasteiger partial charge >= 0.3 is 0 Å². The number of nitrogens with one attached hydrogen (secondary N) is 1. The van der Waals surface area contributed by atoms with Crippen molar-refractivity contribution in [2.45, 2.75) is 48.0 Å². The van der Waals surface area contributed by atoms with E-state index in [2.05, 4.69) is 76.0 Å². The van der Waals surface area contributed by atoms with E-state index in [9.17, 15) is 0 Å². The van der Waals surface area contributed by atoms with Crippen molar-refractivity contribution < 1.29 is 0 Å². The standard InChI is InChI=1S/C19H34N2/c1-7-19(6,14-20-13-16(3)4)15-21(8-2)18-11-9-17(5)10-12-18/h9-12,16,20H,7-8,13-15H2,1-6H3. The molecule has 0 aliphatic rings. The van der Waals surface area contributed by atoms with Crippen molar-refractivity contribution >= 4 is 5.69 Å². The minimum atomic E-state index is 0.315. The van der Waals surface area contributed by atoms with Crippen LogP contribution in [0.4, 0.5) is 5.69 Å². The van der Waals surface area contributed by atoms with Crippen LogP contribution in [0.25, 0.3) is 0 Å². The quantitative estimate of drug-likeness (QED) is 0.721. The first-order valence-corrected chi connectivity index (χ1v) is 8.42. The highest BCUT2D eigenvalue weighted by Gasteiger charge is 2.24. The molecule has 0 aliphatic carbocycles. The van der Waals surface area contributed by atoms with Crippen LogP contribution in [0, 0.1) is 18.3 Å². The molecule has 120 valence electrons. The van der Waals surface area contributed by atoms with Gasteiger partial charge in [0.1, 0.15) is 0 Å². The monoisotopic (exact) mass is 290 g/mol. The minimum absolute atomic E-state index is 0.315. The van der Waals surface area contributed by atoms with Gasteiger partial charge in [-0.2, -0.15) is 0 Å². The molecule has 1 unspecified atom stereocenters. The molecular weight excluding hydrogens is 256 g/mol. The number of benzene rings is 1. The molecule has 21 heavy (non-hydrogen) atoms. The highest BCUT2D eigenvalue weighted by atomic mass is 15.1. The van der Waals surface area contributed by atoms with E-state index >= 15 is 0 Å². The fourth-order valence-corrected chi connectivity index (χ4v) is 2.56. The molecule has 1 atom stereocenters. The average Bonchev–Trinajstić information content (AvgIpc) is 2.45. The Bertz CT molecular complexity index is 397. The first kappa shape index (κ1) is 18.0. The molecule has 0 saturated heterocycles. The normalized spacial score (nSPS) is 14.2. The Morgan fingerprint density at radius 2 is 1.76 bits per heavy atom. The maximum Gasteiger partial charge on any atom is 0.0366 e. The predicted octanol–water partition coefficient (Wildman–Crippen LogP) is 4.48. The molecule has 2 nitrogen and oxygen atoms in total. The van der Waals surface area contributed by atoms with Crippen LogP contribution in [0.5, 0.6) is 0 Å². The summed E-state index contributed by atoms with van der Waals surface area (Å²) in [6.45, 7) is 18.0. The van der Waals surface area contributed by atoms with Crippen LogP contribution >= 0.6 is 0 Å². The fraction of sp³-hybridized carbons (Fsp3) is 0.684. The van der Waals surface area contributed by atoms with Gasteiger partial charge in [0, 0.05) is 25.3 Å². The van der Waals surface area contributed by atoms with E-state index in [1.54, 1.807) is 0 Å². The number of anilines is 1. The van der Waals surface area contributed by atoms with E-state index in [1.165, 1.54) is 17.7 Å². The van der Waals surface area contributed by atoms with Gasteiger partial charge in [-0.1, -0.05) is 45.4 Å². The van der Waals surface area contributed by atoms with Crippen molar-refractivity contribution in [3.8, 4) is 0 Å². The molecule has 0 heterocycles. The van der Waals surface area contributed by atoms with Crippen LogP contribution in [0.3, 0.4) is 0 Å². The highest BCUT2D eigenvalue weighted by molar-refractivity contribution is 5.47. The Kier molecular flexibility index (Phi) is 7.24. The predicted molar refractivity (Wildman–Crippen MR) is 95.2 cm³/mol. The number of hydrogen-bond acceptors (Lipinski definition) is 2. The smallest absolute Gasteiger partial charge is 0.0366 e. The molecule has 0 aromatic heterocycles. The van der Waals surface area contributed by atoms with Crippen molar-refractivity contribution in [1.29, 1.82) is 0 Å². The van der Waals surface area contributed by atoms with Gasteiger partial charge < -0.3 is 10.2 Å². The van der Waals surface area contributed by atoms with Crippen molar-refractivity contribution in [2.75, 3.05) is 31.1 Å². The van der Waals surface area contributed by atoms with Crippen LogP contribution in [0.1, 0.15) is 46.6 Å². The second-order valence-corrected chi connectivity index (χ2v) is 7.04. The molecule has 0 aliphatic heterocycles. The highest BCUT2D eigenvalue weighted by Crippen LogP contribution is 2.25. The van der Waals surface area contributed by atoms with Gasteiger partial charge in [-0.3, -0.25) is 0 Å². The van der Waals surface area contributed by atoms with Gasteiger partial charge in [0.2, 0.25) is 0 Å². The van der Waals surface area contributed by atoms with Crippen molar-refractivity contribution in [3.05, 3.63) is 29.8 Å². The van der Waals surface area contributed by atoms with Gasteiger partial charge in [0.05, 0.1) is 0 Å². The number of aryl methyl sites for hydroxylation is 1. The molecule has 1 rings (SSSR count). The summed E-state index contributed by atoms with van der Waals surface area (Å²) in [4.78, 5) is 2.50. The number of rotatable bonds is 9. The molecule has 0 saturated carbocycles. The summed E-state index contributed by atoms with van der Waals surface area (Å²) in [5.41, 5.74) is 2.98. The first-order chi connectivity index (χ1) is 9.90. The summed E-state index contributed by atoms with van der Waals surface area (Å²) in [6, 6.07) is 8.91. The van der Waals surface area contributed by atoms with E-state index in [0.717, 1.165) is 26.2 Å². The summed E-state index contributed by atoms with van der Waals surface area (Å²) in [7, 11) is 0. The largest absolute Gasteiger partial charge is 0.371 e. The Morgan fingerprint density at radius 3 is 2.24 bits per heavy atom. The molecular formula is C19H34N2. The Labute approximate surface area is 131 Å². The third-order valence-electron chi connectivity index (χ3n) is 4.31. The van der Waals surface area contributed by atoms with Crippen LogP contribution in [-0.2, 0) is 0 Å². The van der Waals surface area contributed by atoms with E-state index in [4.69, 9.17) is 0 Å². The van der Waals surface area contributed by atoms with E-state index < -0.39 is 0 Å². The number of nitrogens with zero attached hydrogens (tertiary/aromatic N) is 1. The maximum atomic E-state index is 3.64. The lowest BCUT2D eigenvalue weighted by atomic mass is 9.86. The Morgan fingerprint density at radius 1 is 1.14 bits per heavy atom. The number of hydrogen-bond donors (Lipinski definition) is 1. The van der Waals surface area contributed by atoms with Crippen molar-refractivity contribution in [1.82, 2.24) is 5.32 Å². The van der Waals surface area contributed by atoms with E-state index in [1.807, 2.05) is 0 Å². The van der Waals surface area contributed by atoms with E-state index in [-0.39, 0.29) is 0 Å². The van der Waals surface area contributed by atoms with Gasteiger partial charge in [0.25, 0.3) is 0 Å². The second-order valence-electron chi connectivity index (χ2n) is 7.04. The molecule has 0 amide bonds. The van der Waals surface area contributed by atoms with Crippen LogP contribution in [0.15, 0.2) is 24.3 Å². The second kappa shape index (κ2) is 8.43. The lowest BCUT2D eigenvalue weighted by molar-refractivity contribution is 0.291. The minimum Gasteiger partial charge on any atom is -0.371 e. The topological polar surface area (TPSA) is 15.3 Å². The fourth-order valence-electron chi connectivity index (χ4n) is 2.56. The Hall–Kier alpha value is -1.02. The first-order valence-electron chi connectivity index (χ1n) is 8.42. The third-order valence-corrected chi connectivity index (χ3v) is 4.31. The van der Waals surface area contributed by atoms with E-state index in [0.29, 0.717) is 11.3 Å². The summed E-state index contributed by atoms with van der Waals surface area (Å²) in [5.74, 6) is 0.713.